The normalized spacial score (nSPS) is 33.2. The molecule has 0 radical (unpaired) electrons. The highest BCUT2D eigenvalue weighted by atomic mass is 16.7. The van der Waals surface area contributed by atoms with E-state index < -0.39 is 29.0 Å². The van der Waals surface area contributed by atoms with E-state index in [2.05, 4.69) is 34.8 Å². The summed E-state index contributed by atoms with van der Waals surface area (Å²) in [5.41, 5.74) is 9.97. The number of piperidine rings is 1. The van der Waals surface area contributed by atoms with Crippen LogP contribution in [0.3, 0.4) is 0 Å². The Morgan fingerprint density at radius 2 is 1.91 bits per heavy atom. The summed E-state index contributed by atoms with van der Waals surface area (Å²) in [6.45, 7) is 8.93. The second kappa shape index (κ2) is 16.0. The molecule has 4 unspecified atom stereocenters. The first-order valence-electron chi connectivity index (χ1n) is 17.4. The van der Waals surface area contributed by atoms with E-state index in [9.17, 15) is 14.4 Å². The molecule has 7 N–H and O–H groups in total. The van der Waals surface area contributed by atoms with Crippen molar-refractivity contribution in [3.8, 4) is 0 Å². The molecule has 0 amide bonds. The number of carbonyl (C=O) groups is 3. The van der Waals surface area contributed by atoms with Crippen molar-refractivity contribution in [1.29, 1.82) is 0 Å². The second-order valence-electron chi connectivity index (χ2n) is 13.8. The van der Waals surface area contributed by atoms with Gasteiger partial charge in [-0.1, -0.05) is 51.2 Å². The summed E-state index contributed by atoms with van der Waals surface area (Å²) in [5, 5.41) is 10.1. The summed E-state index contributed by atoms with van der Waals surface area (Å²) in [7, 11) is 1.65. The number of nitrogens with zero attached hydrogens (tertiary/aromatic N) is 1. The van der Waals surface area contributed by atoms with Gasteiger partial charge in [0.15, 0.2) is 23.1 Å². The van der Waals surface area contributed by atoms with Crippen molar-refractivity contribution in [2.75, 3.05) is 33.3 Å². The van der Waals surface area contributed by atoms with Crippen LogP contribution in [0.4, 0.5) is 0 Å². The standard InChI is InChI=1S/C34H58N6O5/c1-5-7-10-23(20-38-16-6-2)21-44-31(43)34-30(42)26-12-9-8-11-25(26)29(41)33(34,45-34)15-13-22(3)18-27(40-32(36)37-4)24-14-17-39-28(35)19-24/h13,23-28,38-39H,5-12,14-21,35H2,1-4H3,(H3,36,37,40)/t23-,24?,25?,26?,27-,28?,33+,34+/m1/s1. The van der Waals surface area contributed by atoms with Crippen molar-refractivity contribution >= 4 is 23.5 Å². The van der Waals surface area contributed by atoms with Crippen molar-refractivity contribution < 1.29 is 23.9 Å². The van der Waals surface area contributed by atoms with E-state index in [1.165, 1.54) is 0 Å². The number of ether oxygens (including phenoxy) is 2. The third-order valence-corrected chi connectivity index (χ3v) is 10.5. The smallest absolute Gasteiger partial charge is 0.349 e. The molecule has 0 aromatic heterocycles. The van der Waals surface area contributed by atoms with Crippen LogP contribution in [0.25, 0.3) is 0 Å². The first-order chi connectivity index (χ1) is 21.6. The van der Waals surface area contributed by atoms with Gasteiger partial charge in [0.25, 0.3) is 5.60 Å². The minimum Gasteiger partial charge on any atom is -0.463 e. The van der Waals surface area contributed by atoms with Gasteiger partial charge in [-0.3, -0.25) is 14.6 Å². The second-order valence-corrected chi connectivity index (χ2v) is 13.8. The van der Waals surface area contributed by atoms with E-state index in [0.29, 0.717) is 25.2 Å². The molecule has 0 aromatic carbocycles. The fraction of sp³-hybridized carbons (Fsp3) is 0.824. The fourth-order valence-electron chi connectivity index (χ4n) is 7.82. The van der Waals surface area contributed by atoms with Crippen LogP contribution in [0.15, 0.2) is 16.6 Å². The Kier molecular flexibility index (Phi) is 12.6. The highest BCUT2D eigenvalue weighted by Gasteiger charge is 2.86. The zero-order valence-electron chi connectivity index (χ0n) is 28.0. The van der Waals surface area contributed by atoms with Crippen LogP contribution in [-0.2, 0) is 23.9 Å². The van der Waals surface area contributed by atoms with E-state index in [0.717, 1.165) is 76.6 Å². The van der Waals surface area contributed by atoms with Crippen LogP contribution in [0.1, 0.15) is 97.8 Å². The lowest BCUT2D eigenvalue weighted by atomic mass is 9.61. The molecular formula is C34H58N6O5. The van der Waals surface area contributed by atoms with Gasteiger partial charge in [-0.2, -0.15) is 0 Å². The maximum Gasteiger partial charge on any atom is 0.349 e. The van der Waals surface area contributed by atoms with E-state index in [4.69, 9.17) is 20.9 Å². The van der Waals surface area contributed by atoms with Gasteiger partial charge in [0.05, 0.1) is 12.8 Å². The maximum atomic E-state index is 14.1. The van der Waals surface area contributed by atoms with Crippen LogP contribution < -0.4 is 27.4 Å². The number of ketones is 2. The SMILES string of the molecule is CCCC[C@H](CNCCC)COC(=O)[C@]12O[C@@]1(CC=C(C)C[C@@H](NC(N)=NC)C1CCNC(N)C1)C(=O)C1CCCCC1C2=O. The molecule has 8 atom stereocenters. The molecule has 4 fully saturated rings. The summed E-state index contributed by atoms with van der Waals surface area (Å²) in [6.07, 6.45) is 11.5. The van der Waals surface area contributed by atoms with Crippen LogP contribution in [0.5, 0.6) is 0 Å². The van der Waals surface area contributed by atoms with Crippen LogP contribution in [0.2, 0.25) is 0 Å². The largest absolute Gasteiger partial charge is 0.463 e. The summed E-state index contributed by atoms with van der Waals surface area (Å²) in [4.78, 5) is 46.2. The first-order valence-corrected chi connectivity index (χ1v) is 17.4. The number of Topliss-reactive ketones (excluding diaryl/α,β-unsaturated/α-hetero) is 2. The number of nitrogens with two attached hydrogens (primary N) is 2. The first kappa shape index (κ1) is 35.5. The predicted molar refractivity (Wildman–Crippen MR) is 175 cm³/mol. The molecule has 2 aliphatic carbocycles. The lowest BCUT2D eigenvalue weighted by Crippen LogP contribution is -2.58. The minimum absolute atomic E-state index is 0.00164. The van der Waals surface area contributed by atoms with Gasteiger partial charge in [-0.05, 0) is 70.9 Å². The number of esters is 1. The van der Waals surface area contributed by atoms with Gasteiger partial charge in [0.2, 0.25) is 0 Å². The van der Waals surface area contributed by atoms with Gasteiger partial charge in [0.1, 0.15) is 0 Å². The number of hydrogen-bond acceptors (Lipinski definition) is 9. The summed E-state index contributed by atoms with van der Waals surface area (Å²) in [6, 6.07) is -0.00164. The Morgan fingerprint density at radius 3 is 2.58 bits per heavy atom. The van der Waals surface area contributed by atoms with E-state index in [1.54, 1.807) is 7.05 Å². The zero-order chi connectivity index (χ0) is 32.6. The van der Waals surface area contributed by atoms with Crippen molar-refractivity contribution in [3.05, 3.63) is 11.6 Å². The highest BCUT2D eigenvalue weighted by Crippen LogP contribution is 2.61. The van der Waals surface area contributed by atoms with E-state index in [-0.39, 0.29) is 48.6 Å². The van der Waals surface area contributed by atoms with Crippen molar-refractivity contribution in [2.45, 2.75) is 121 Å². The fourth-order valence-corrected chi connectivity index (χ4v) is 7.82. The Labute approximate surface area is 269 Å². The average molecular weight is 631 g/mol. The summed E-state index contributed by atoms with van der Waals surface area (Å²) >= 11 is 0. The molecule has 0 spiro atoms. The Bertz CT molecular complexity index is 1110. The van der Waals surface area contributed by atoms with Crippen LogP contribution in [0, 0.1) is 23.7 Å². The van der Waals surface area contributed by atoms with Crippen molar-refractivity contribution in [1.82, 2.24) is 16.0 Å². The van der Waals surface area contributed by atoms with Gasteiger partial charge in [0, 0.05) is 43.8 Å². The minimum atomic E-state index is -1.84. The molecule has 2 saturated heterocycles. The van der Waals surface area contributed by atoms with Crippen molar-refractivity contribution in [2.24, 2.45) is 40.1 Å². The number of aliphatic imine (C=N–C) groups is 1. The van der Waals surface area contributed by atoms with E-state index >= 15 is 0 Å². The number of unbranched alkanes of at least 4 members (excludes halogenated alkanes) is 1. The summed E-state index contributed by atoms with van der Waals surface area (Å²) in [5.74, 6) is -1.15. The Balaban J connectivity index is 1.53. The molecule has 0 bridgehead atoms. The van der Waals surface area contributed by atoms with Crippen molar-refractivity contribution in [3.63, 3.8) is 0 Å². The monoisotopic (exact) mass is 630 g/mol. The number of guanidine groups is 1. The summed E-state index contributed by atoms with van der Waals surface area (Å²) < 4.78 is 12.1. The molecule has 254 valence electrons. The average Bonchev–Trinajstić information content (AvgIpc) is 3.75. The molecule has 2 aliphatic heterocycles. The van der Waals surface area contributed by atoms with Gasteiger partial charge in [-0.25, -0.2) is 4.79 Å². The Hall–Kier alpha value is -2.34. The van der Waals surface area contributed by atoms with Gasteiger partial charge < -0.3 is 36.9 Å². The van der Waals surface area contributed by atoms with Gasteiger partial charge in [-0.15, -0.1) is 0 Å². The van der Waals surface area contributed by atoms with Crippen LogP contribution in [-0.4, -0.2) is 80.2 Å². The van der Waals surface area contributed by atoms with Gasteiger partial charge >= 0.3 is 5.97 Å². The predicted octanol–water partition coefficient (Wildman–Crippen LogP) is 2.72. The molecule has 11 nitrogen and oxygen atoms in total. The lowest BCUT2D eigenvalue weighted by Gasteiger charge is -2.37. The molecule has 2 saturated carbocycles. The number of hydrogen-bond donors (Lipinski definition) is 5. The number of nitrogens with one attached hydrogen (secondary N) is 3. The zero-order valence-corrected chi connectivity index (χ0v) is 28.0. The number of rotatable bonds is 16. The molecule has 4 rings (SSSR count). The third-order valence-electron chi connectivity index (χ3n) is 10.5. The molecule has 4 aliphatic rings. The topological polar surface area (TPSA) is 173 Å². The molecule has 2 heterocycles. The maximum absolute atomic E-state index is 14.1. The molecule has 11 heteroatoms. The number of epoxide rings is 1. The Morgan fingerprint density at radius 1 is 1.18 bits per heavy atom. The third kappa shape index (κ3) is 7.80. The van der Waals surface area contributed by atoms with E-state index in [1.807, 2.05) is 13.0 Å². The quantitative estimate of drug-likeness (QED) is 0.0325. The highest BCUT2D eigenvalue weighted by molar-refractivity contribution is 6.23. The number of carbonyl (C=O) groups excluding carboxylic acids is 3. The molecular weight excluding hydrogens is 572 g/mol. The lowest BCUT2D eigenvalue weighted by molar-refractivity contribution is -0.159. The van der Waals surface area contributed by atoms with Crippen LogP contribution >= 0.6 is 0 Å². The number of fused-ring (bicyclic) bond motifs is 2. The molecule has 45 heavy (non-hydrogen) atoms. The molecule has 0 aromatic rings.